The summed E-state index contributed by atoms with van der Waals surface area (Å²) in [6.07, 6.45) is -0.110. The first-order chi connectivity index (χ1) is 14.3. The number of carbonyl (C=O) groups excluding carboxylic acids is 2. The van der Waals surface area contributed by atoms with Crippen molar-refractivity contribution in [1.82, 2.24) is 15.2 Å². The predicted octanol–water partition coefficient (Wildman–Crippen LogP) is 1.28. The molecule has 30 heavy (non-hydrogen) atoms. The van der Waals surface area contributed by atoms with Gasteiger partial charge < -0.3 is 4.84 Å². The zero-order chi connectivity index (χ0) is 21.7. The standard InChI is InChI=1S/C20H22N4O5S/c1-14-8-10-16(11-9-14)30(27,28)24(2)13-19(25)21-22-20(26)17-12-18(29-23-17)15-6-4-3-5-7-15/h3-11,18H,12-13H2,1-2H3,(H,21,25)(H,22,26). The van der Waals surface area contributed by atoms with Crippen LogP contribution in [0.3, 0.4) is 0 Å². The number of amides is 2. The molecule has 0 spiro atoms. The van der Waals surface area contributed by atoms with Gasteiger partial charge in [-0.15, -0.1) is 0 Å². The summed E-state index contributed by atoms with van der Waals surface area (Å²) in [4.78, 5) is 29.6. The summed E-state index contributed by atoms with van der Waals surface area (Å²) >= 11 is 0. The van der Waals surface area contributed by atoms with E-state index in [9.17, 15) is 18.0 Å². The van der Waals surface area contributed by atoms with Crippen molar-refractivity contribution in [1.29, 1.82) is 0 Å². The molecule has 2 aromatic rings. The SMILES string of the molecule is Cc1ccc(S(=O)(=O)N(C)CC(=O)NNC(=O)C2=NOC(c3ccccc3)C2)cc1. The second-order valence-corrected chi connectivity index (χ2v) is 8.87. The first-order valence-corrected chi connectivity index (χ1v) is 10.6. The fourth-order valence-electron chi connectivity index (χ4n) is 2.77. The Hall–Kier alpha value is -3.24. The molecule has 1 heterocycles. The summed E-state index contributed by atoms with van der Waals surface area (Å²) in [7, 11) is -2.54. The van der Waals surface area contributed by atoms with E-state index in [4.69, 9.17) is 4.84 Å². The molecule has 9 nitrogen and oxygen atoms in total. The molecule has 0 fully saturated rings. The number of hydrazine groups is 1. The quantitative estimate of drug-likeness (QED) is 0.670. The van der Waals surface area contributed by atoms with E-state index in [2.05, 4.69) is 16.0 Å². The van der Waals surface area contributed by atoms with Crippen LogP contribution in [-0.2, 0) is 24.4 Å². The lowest BCUT2D eigenvalue weighted by atomic mass is 10.0. The molecule has 0 saturated heterocycles. The lowest BCUT2D eigenvalue weighted by Gasteiger charge is -2.17. The summed E-state index contributed by atoms with van der Waals surface area (Å²) in [5.41, 5.74) is 6.36. The average Bonchev–Trinajstić information content (AvgIpc) is 3.23. The van der Waals surface area contributed by atoms with E-state index in [-0.39, 0.29) is 23.1 Å². The largest absolute Gasteiger partial charge is 0.387 e. The van der Waals surface area contributed by atoms with Crippen LogP contribution in [0.15, 0.2) is 64.6 Å². The molecule has 158 valence electrons. The number of oxime groups is 1. The Balaban J connectivity index is 1.49. The van der Waals surface area contributed by atoms with Gasteiger partial charge in [0.15, 0.2) is 11.8 Å². The molecule has 0 bridgehead atoms. The number of nitrogens with zero attached hydrogens (tertiary/aromatic N) is 2. The van der Waals surface area contributed by atoms with Crippen molar-refractivity contribution < 1.29 is 22.8 Å². The summed E-state index contributed by atoms with van der Waals surface area (Å²) < 4.78 is 25.9. The maximum absolute atomic E-state index is 12.5. The fourth-order valence-corrected chi connectivity index (χ4v) is 3.90. The predicted molar refractivity (Wildman–Crippen MR) is 110 cm³/mol. The van der Waals surface area contributed by atoms with Crippen LogP contribution in [0.25, 0.3) is 0 Å². The summed E-state index contributed by atoms with van der Waals surface area (Å²) in [5.74, 6) is -1.31. The third-order valence-electron chi connectivity index (χ3n) is 4.51. The van der Waals surface area contributed by atoms with Crippen LogP contribution in [0.2, 0.25) is 0 Å². The molecule has 1 aliphatic heterocycles. The highest BCUT2D eigenvalue weighted by molar-refractivity contribution is 7.89. The van der Waals surface area contributed by atoms with Gasteiger partial charge in [-0.25, -0.2) is 8.42 Å². The first-order valence-electron chi connectivity index (χ1n) is 9.17. The van der Waals surface area contributed by atoms with Gasteiger partial charge in [0.1, 0.15) is 0 Å². The highest BCUT2D eigenvalue weighted by atomic mass is 32.2. The van der Waals surface area contributed by atoms with Gasteiger partial charge in [-0.05, 0) is 24.6 Å². The number of carbonyl (C=O) groups is 2. The molecule has 0 radical (unpaired) electrons. The summed E-state index contributed by atoms with van der Waals surface area (Å²) in [5, 5.41) is 3.77. The molecule has 1 unspecified atom stereocenters. The lowest BCUT2D eigenvalue weighted by molar-refractivity contribution is -0.126. The third kappa shape index (κ3) is 5.02. The Morgan fingerprint density at radius 3 is 2.43 bits per heavy atom. The Kier molecular flexibility index (Phi) is 6.48. The Morgan fingerprint density at radius 2 is 1.77 bits per heavy atom. The van der Waals surface area contributed by atoms with Crippen LogP contribution in [0.5, 0.6) is 0 Å². The van der Waals surface area contributed by atoms with Crippen molar-refractivity contribution in [3.8, 4) is 0 Å². The van der Waals surface area contributed by atoms with Crippen molar-refractivity contribution in [3.05, 3.63) is 65.7 Å². The van der Waals surface area contributed by atoms with Crippen molar-refractivity contribution in [2.24, 2.45) is 5.16 Å². The van der Waals surface area contributed by atoms with Crippen molar-refractivity contribution in [3.63, 3.8) is 0 Å². The minimum absolute atomic E-state index is 0.0804. The number of rotatable bonds is 6. The molecule has 0 aliphatic carbocycles. The molecule has 1 atom stereocenters. The van der Waals surface area contributed by atoms with E-state index in [0.717, 1.165) is 15.4 Å². The van der Waals surface area contributed by atoms with Crippen LogP contribution in [0, 0.1) is 6.92 Å². The molecule has 1 aliphatic rings. The molecule has 2 amide bonds. The van der Waals surface area contributed by atoms with E-state index in [1.54, 1.807) is 12.1 Å². The third-order valence-corrected chi connectivity index (χ3v) is 6.33. The number of hydrogen-bond donors (Lipinski definition) is 2. The molecule has 0 aromatic heterocycles. The van der Waals surface area contributed by atoms with Gasteiger partial charge in [0.2, 0.25) is 10.0 Å². The van der Waals surface area contributed by atoms with Crippen LogP contribution in [-0.4, -0.2) is 43.8 Å². The highest BCUT2D eigenvalue weighted by Gasteiger charge is 2.28. The topological polar surface area (TPSA) is 117 Å². The van der Waals surface area contributed by atoms with E-state index >= 15 is 0 Å². The molecule has 2 aromatic carbocycles. The highest BCUT2D eigenvalue weighted by Crippen LogP contribution is 2.26. The number of aryl methyl sites for hydroxylation is 1. The van der Waals surface area contributed by atoms with Crippen molar-refractivity contribution in [2.45, 2.75) is 24.3 Å². The minimum Gasteiger partial charge on any atom is -0.387 e. The van der Waals surface area contributed by atoms with Crippen LogP contribution in [0.1, 0.15) is 23.7 Å². The molecular formula is C20H22N4O5S. The smallest absolute Gasteiger partial charge is 0.287 e. The number of sulfonamides is 1. The Bertz CT molecular complexity index is 1050. The van der Waals surface area contributed by atoms with Crippen LogP contribution >= 0.6 is 0 Å². The summed E-state index contributed by atoms with van der Waals surface area (Å²) in [6, 6.07) is 15.6. The second kappa shape index (κ2) is 9.06. The van der Waals surface area contributed by atoms with Gasteiger partial charge in [-0.2, -0.15) is 4.31 Å². The molecule has 0 saturated carbocycles. The van der Waals surface area contributed by atoms with Crippen LogP contribution in [0.4, 0.5) is 0 Å². The van der Waals surface area contributed by atoms with E-state index < -0.39 is 28.4 Å². The number of likely N-dealkylation sites (N-methyl/N-ethyl adjacent to an activating group) is 1. The van der Waals surface area contributed by atoms with E-state index in [1.165, 1.54) is 19.2 Å². The zero-order valence-corrected chi connectivity index (χ0v) is 17.3. The number of benzene rings is 2. The Morgan fingerprint density at radius 1 is 1.10 bits per heavy atom. The van der Waals surface area contributed by atoms with Gasteiger partial charge in [-0.3, -0.25) is 20.4 Å². The number of hydrogen-bond acceptors (Lipinski definition) is 6. The first kappa shape index (κ1) is 21.5. The van der Waals surface area contributed by atoms with Gasteiger partial charge in [0, 0.05) is 13.5 Å². The monoisotopic (exact) mass is 430 g/mol. The molecular weight excluding hydrogens is 408 g/mol. The Labute approximate surface area is 174 Å². The maximum atomic E-state index is 12.5. The zero-order valence-electron chi connectivity index (χ0n) is 16.5. The minimum atomic E-state index is -3.83. The molecule has 3 rings (SSSR count). The molecule has 10 heteroatoms. The molecule has 2 N–H and O–H groups in total. The lowest BCUT2D eigenvalue weighted by Crippen LogP contribution is -2.48. The van der Waals surface area contributed by atoms with Crippen LogP contribution < -0.4 is 10.9 Å². The van der Waals surface area contributed by atoms with Crippen molar-refractivity contribution in [2.75, 3.05) is 13.6 Å². The van der Waals surface area contributed by atoms with Gasteiger partial charge in [0.05, 0.1) is 11.4 Å². The second-order valence-electron chi connectivity index (χ2n) is 6.82. The maximum Gasteiger partial charge on any atom is 0.287 e. The normalized spacial score (nSPS) is 16.0. The van der Waals surface area contributed by atoms with Crippen molar-refractivity contribution >= 4 is 27.5 Å². The number of nitrogens with one attached hydrogen (secondary N) is 2. The van der Waals surface area contributed by atoms with E-state index in [0.29, 0.717) is 0 Å². The fraction of sp³-hybridized carbons (Fsp3) is 0.250. The van der Waals surface area contributed by atoms with Gasteiger partial charge in [0.25, 0.3) is 11.8 Å². The van der Waals surface area contributed by atoms with E-state index in [1.807, 2.05) is 37.3 Å². The van der Waals surface area contributed by atoms with Gasteiger partial charge in [-0.1, -0.05) is 53.2 Å². The summed E-state index contributed by atoms with van der Waals surface area (Å²) in [6.45, 7) is 1.38. The van der Waals surface area contributed by atoms with Gasteiger partial charge >= 0.3 is 0 Å². The average molecular weight is 430 g/mol.